The quantitative estimate of drug-likeness (QED) is 0.354. The molecule has 0 unspecified atom stereocenters. The van der Waals surface area contributed by atoms with Crippen LogP contribution in [0.3, 0.4) is 0 Å². The SMILES string of the molecule is O=C1CCCC(Cl)=C1C(=O)c1ccc(Br)cc1CSc1nnnn1C1CC1. The van der Waals surface area contributed by atoms with Gasteiger partial charge in [0.25, 0.3) is 0 Å². The minimum Gasteiger partial charge on any atom is -0.294 e. The molecule has 0 aliphatic heterocycles. The molecule has 2 aliphatic rings. The van der Waals surface area contributed by atoms with Crippen LogP contribution >= 0.6 is 39.3 Å². The fourth-order valence-electron chi connectivity index (χ4n) is 3.06. The second-order valence-corrected chi connectivity index (χ2v) is 8.93. The van der Waals surface area contributed by atoms with Crippen LogP contribution in [0, 0.1) is 0 Å². The van der Waals surface area contributed by atoms with E-state index in [2.05, 4.69) is 31.5 Å². The predicted molar refractivity (Wildman–Crippen MR) is 106 cm³/mol. The Hall–Kier alpha value is -1.51. The minimum atomic E-state index is -0.297. The second-order valence-electron chi connectivity index (χ2n) is 6.61. The van der Waals surface area contributed by atoms with E-state index in [-0.39, 0.29) is 17.1 Å². The third kappa shape index (κ3) is 4.02. The Bertz CT molecular complexity index is 955. The van der Waals surface area contributed by atoms with E-state index in [0.717, 1.165) is 28.0 Å². The Kier molecular flexibility index (Phi) is 5.48. The summed E-state index contributed by atoms with van der Waals surface area (Å²) in [6.45, 7) is 0. The number of Topliss-reactive ketones (excluding diaryl/α,β-unsaturated/α-hetero) is 2. The van der Waals surface area contributed by atoms with Gasteiger partial charge in [-0.05, 0) is 59.9 Å². The number of hydrogen-bond acceptors (Lipinski definition) is 6. The van der Waals surface area contributed by atoms with Gasteiger partial charge in [-0.15, -0.1) is 5.10 Å². The number of halogens is 2. The van der Waals surface area contributed by atoms with Gasteiger partial charge < -0.3 is 0 Å². The fraction of sp³-hybridized carbons (Fsp3) is 0.389. The van der Waals surface area contributed by atoms with Gasteiger partial charge in [-0.3, -0.25) is 9.59 Å². The van der Waals surface area contributed by atoms with E-state index in [0.29, 0.717) is 41.7 Å². The summed E-state index contributed by atoms with van der Waals surface area (Å²) in [5.41, 5.74) is 1.46. The average molecular weight is 468 g/mol. The molecule has 1 heterocycles. The van der Waals surface area contributed by atoms with Gasteiger partial charge in [-0.2, -0.15) is 0 Å². The maximum Gasteiger partial charge on any atom is 0.209 e. The van der Waals surface area contributed by atoms with Crippen molar-refractivity contribution >= 4 is 50.9 Å². The number of carbonyl (C=O) groups excluding carboxylic acids is 2. The molecule has 1 aromatic heterocycles. The summed E-state index contributed by atoms with van der Waals surface area (Å²) in [5.74, 6) is 0.0530. The zero-order valence-corrected chi connectivity index (χ0v) is 17.5. The molecule has 0 atom stereocenters. The van der Waals surface area contributed by atoms with Crippen LogP contribution < -0.4 is 0 Å². The summed E-state index contributed by atoms with van der Waals surface area (Å²) in [5, 5.41) is 13.0. The molecule has 6 nitrogen and oxygen atoms in total. The number of hydrogen-bond donors (Lipinski definition) is 0. The molecule has 2 aliphatic carbocycles. The van der Waals surface area contributed by atoms with Crippen LogP contribution in [0.2, 0.25) is 0 Å². The smallest absolute Gasteiger partial charge is 0.209 e. The first-order valence-corrected chi connectivity index (χ1v) is 10.9. The Balaban J connectivity index is 1.61. The number of nitrogens with zero attached hydrogens (tertiary/aromatic N) is 4. The van der Waals surface area contributed by atoms with Crippen LogP contribution in [0.25, 0.3) is 0 Å². The van der Waals surface area contributed by atoms with Gasteiger partial charge in [0.1, 0.15) is 0 Å². The standard InChI is InChI=1S/C18H16BrClN4O2S/c19-11-4-7-13(17(26)16-14(20)2-1-3-15(16)25)10(8-11)9-27-18-21-22-23-24(18)12-5-6-12/h4,7-8,12H,1-3,5-6,9H2. The van der Waals surface area contributed by atoms with Gasteiger partial charge >= 0.3 is 0 Å². The largest absolute Gasteiger partial charge is 0.294 e. The van der Waals surface area contributed by atoms with Crippen LogP contribution in [0.4, 0.5) is 0 Å². The van der Waals surface area contributed by atoms with E-state index >= 15 is 0 Å². The zero-order chi connectivity index (χ0) is 19.0. The molecule has 1 saturated carbocycles. The summed E-state index contributed by atoms with van der Waals surface area (Å²) in [4.78, 5) is 25.3. The van der Waals surface area contributed by atoms with Crippen LogP contribution in [0.5, 0.6) is 0 Å². The lowest BCUT2D eigenvalue weighted by Gasteiger charge is -2.16. The lowest BCUT2D eigenvalue weighted by atomic mass is 9.90. The molecule has 27 heavy (non-hydrogen) atoms. The third-order valence-corrected chi connectivity index (χ3v) is 6.45. The molecule has 0 spiro atoms. The molecule has 0 N–H and O–H groups in total. The highest BCUT2D eigenvalue weighted by Crippen LogP contribution is 2.37. The van der Waals surface area contributed by atoms with Crippen molar-refractivity contribution in [3.63, 3.8) is 0 Å². The highest BCUT2D eigenvalue weighted by atomic mass is 79.9. The molecule has 140 valence electrons. The molecule has 0 bridgehead atoms. The number of allylic oxidation sites excluding steroid dienone is 2. The van der Waals surface area contributed by atoms with Gasteiger partial charge in [0, 0.05) is 27.2 Å². The van der Waals surface area contributed by atoms with Crippen molar-refractivity contribution in [2.24, 2.45) is 0 Å². The normalized spacial score (nSPS) is 17.5. The average Bonchev–Trinajstić information content (AvgIpc) is 3.37. The van der Waals surface area contributed by atoms with Gasteiger partial charge in [0.15, 0.2) is 11.6 Å². The van der Waals surface area contributed by atoms with Crippen molar-refractivity contribution in [2.45, 2.75) is 49.1 Å². The maximum absolute atomic E-state index is 13.1. The van der Waals surface area contributed by atoms with E-state index in [1.807, 2.05) is 10.7 Å². The molecule has 0 radical (unpaired) electrons. The number of rotatable bonds is 6. The minimum absolute atomic E-state index is 0.138. The van der Waals surface area contributed by atoms with Crippen molar-refractivity contribution < 1.29 is 9.59 Å². The summed E-state index contributed by atoms with van der Waals surface area (Å²) >= 11 is 11.2. The van der Waals surface area contributed by atoms with E-state index in [9.17, 15) is 9.59 Å². The van der Waals surface area contributed by atoms with E-state index < -0.39 is 0 Å². The summed E-state index contributed by atoms with van der Waals surface area (Å²) in [6.07, 6.45) is 3.82. The number of aromatic nitrogens is 4. The van der Waals surface area contributed by atoms with Crippen molar-refractivity contribution in [3.8, 4) is 0 Å². The Morgan fingerprint density at radius 1 is 1.33 bits per heavy atom. The number of thioether (sulfide) groups is 1. The maximum atomic E-state index is 13.1. The number of tetrazole rings is 1. The van der Waals surface area contributed by atoms with Crippen LogP contribution in [0.1, 0.15) is 54.1 Å². The van der Waals surface area contributed by atoms with Crippen molar-refractivity contribution in [2.75, 3.05) is 0 Å². The van der Waals surface area contributed by atoms with Gasteiger partial charge in [0.2, 0.25) is 5.16 Å². The molecule has 1 aromatic carbocycles. The van der Waals surface area contributed by atoms with Gasteiger partial charge in [-0.1, -0.05) is 39.3 Å². The van der Waals surface area contributed by atoms with Crippen molar-refractivity contribution in [3.05, 3.63) is 44.4 Å². The van der Waals surface area contributed by atoms with E-state index in [1.165, 1.54) is 11.8 Å². The fourth-order valence-corrected chi connectivity index (χ4v) is 4.73. The van der Waals surface area contributed by atoms with Crippen LogP contribution in [-0.2, 0) is 10.5 Å². The second kappa shape index (κ2) is 7.85. The highest BCUT2D eigenvalue weighted by Gasteiger charge is 2.29. The summed E-state index contributed by atoms with van der Waals surface area (Å²) in [6, 6.07) is 5.82. The molecule has 0 amide bonds. The molecular formula is C18H16BrClN4O2S. The topological polar surface area (TPSA) is 77.7 Å². The first kappa shape index (κ1) is 18.8. The predicted octanol–water partition coefficient (Wildman–Crippen LogP) is 4.49. The lowest BCUT2D eigenvalue weighted by Crippen LogP contribution is -2.19. The molecule has 4 rings (SSSR count). The molecule has 1 fully saturated rings. The van der Waals surface area contributed by atoms with Gasteiger partial charge in [-0.25, -0.2) is 4.68 Å². The van der Waals surface area contributed by atoms with E-state index in [1.54, 1.807) is 12.1 Å². The molecular weight excluding hydrogens is 452 g/mol. The molecule has 2 aromatic rings. The molecule has 9 heteroatoms. The summed E-state index contributed by atoms with van der Waals surface area (Å²) < 4.78 is 2.71. The Morgan fingerprint density at radius 2 is 2.15 bits per heavy atom. The Morgan fingerprint density at radius 3 is 2.89 bits per heavy atom. The van der Waals surface area contributed by atoms with Crippen molar-refractivity contribution in [1.29, 1.82) is 0 Å². The van der Waals surface area contributed by atoms with Crippen LogP contribution in [-0.4, -0.2) is 31.8 Å². The van der Waals surface area contributed by atoms with Crippen molar-refractivity contribution in [1.82, 2.24) is 20.2 Å². The lowest BCUT2D eigenvalue weighted by molar-refractivity contribution is -0.115. The monoisotopic (exact) mass is 466 g/mol. The number of carbonyl (C=O) groups is 2. The first-order chi connectivity index (χ1) is 13.0. The number of ketones is 2. The zero-order valence-electron chi connectivity index (χ0n) is 14.3. The van der Waals surface area contributed by atoms with E-state index in [4.69, 9.17) is 11.6 Å². The highest BCUT2D eigenvalue weighted by molar-refractivity contribution is 9.10. The van der Waals surface area contributed by atoms with Gasteiger partial charge in [0.05, 0.1) is 11.6 Å². The van der Waals surface area contributed by atoms with Crippen LogP contribution in [0.15, 0.2) is 38.4 Å². The first-order valence-electron chi connectivity index (χ1n) is 8.70. The Labute approximate surface area is 173 Å². The number of benzene rings is 1. The molecule has 0 saturated heterocycles. The summed E-state index contributed by atoms with van der Waals surface area (Å²) in [7, 11) is 0. The third-order valence-electron chi connectivity index (χ3n) is 4.60.